The molecule has 2 amide bonds. The van der Waals surface area contributed by atoms with Gasteiger partial charge in [-0.25, -0.2) is 0 Å². The number of rotatable bonds is 4. The molecule has 5 nitrogen and oxygen atoms in total. The standard InChI is InChI=1S/C16H29N3O2/c1-18(15(21)16(17)10-6-7-11-16)12-14(20)19(2)13-8-4-3-5-9-13/h13H,3-12,17H2,1-2H3. The topological polar surface area (TPSA) is 66.6 Å². The molecule has 0 heterocycles. The van der Waals surface area contributed by atoms with Gasteiger partial charge in [-0.3, -0.25) is 9.59 Å². The molecule has 2 saturated carbocycles. The van der Waals surface area contributed by atoms with E-state index in [4.69, 9.17) is 5.73 Å². The van der Waals surface area contributed by atoms with Crippen molar-refractivity contribution in [3.8, 4) is 0 Å². The highest BCUT2D eigenvalue weighted by Gasteiger charge is 2.39. The lowest BCUT2D eigenvalue weighted by atomic mass is 9.94. The van der Waals surface area contributed by atoms with E-state index in [9.17, 15) is 9.59 Å². The zero-order valence-electron chi connectivity index (χ0n) is 13.4. The fraction of sp³-hybridized carbons (Fsp3) is 0.875. The lowest BCUT2D eigenvalue weighted by Crippen LogP contribution is -2.54. The van der Waals surface area contributed by atoms with Crippen LogP contribution in [-0.2, 0) is 9.59 Å². The first-order chi connectivity index (χ1) is 9.94. The summed E-state index contributed by atoms with van der Waals surface area (Å²) in [5.41, 5.74) is 5.44. The minimum Gasteiger partial charge on any atom is -0.341 e. The van der Waals surface area contributed by atoms with E-state index < -0.39 is 5.54 Å². The fourth-order valence-corrected chi connectivity index (χ4v) is 3.66. The smallest absolute Gasteiger partial charge is 0.242 e. The predicted octanol–water partition coefficient (Wildman–Crippen LogP) is 1.51. The van der Waals surface area contributed by atoms with Gasteiger partial charge in [0.25, 0.3) is 0 Å². The Bertz CT molecular complexity index is 385. The molecule has 2 aliphatic rings. The van der Waals surface area contributed by atoms with Crippen LogP contribution in [0.15, 0.2) is 0 Å². The first-order valence-electron chi connectivity index (χ1n) is 8.24. The number of hydrogen-bond acceptors (Lipinski definition) is 3. The van der Waals surface area contributed by atoms with Gasteiger partial charge >= 0.3 is 0 Å². The van der Waals surface area contributed by atoms with Gasteiger partial charge in [0.2, 0.25) is 11.8 Å². The Morgan fingerprint density at radius 3 is 2.19 bits per heavy atom. The molecular weight excluding hydrogens is 266 g/mol. The maximum Gasteiger partial charge on any atom is 0.242 e. The fourth-order valence-electron chi connectivity index (χ4n) is 3.66. The monoisotopic (exact) mass is 295 g/mol. The second-order valence-corrected chi connectivity index (χ2v) is 6.82. The van der Waals surface area contributed by atoms with E-state index in [0.29, 0.717) is 6.04 Å². The lowest BCUT2D eigenvalue weighted by molar-refractivity contribution is -0.143. The zero-order valence-corrected chi connectivity index (χ0v) is 13.4. The molecule has 2 aliphatic carbocycles. The van der Waals surface area contributed by atoms with Gasteiger partial charge in [-0.15, -0.1) is 0 Å². The normalized spacial score (nSPS) is 22.0. The summed E-state index contributed by atoms with van der Waals surface area (Å²) in [5.74, 6) is -0.0512. The van der Waals surface area contributed by atoms with Gasteiger partial charge < -0.3 is 15.5 Å². The number of nitrogens with two attached hydrogens (primary N) is 1. The summed E-state index contributed by atoms with van der Waals surface area (Å²) in [7, 11) is 3.56. The van der Waals surface area contributed by atoms with Gasteiger partial charge in [0.1, 0.15) is 0 Å². The van der Waals surface area contributed by atoms with Gasteiger partial charge in [0, 0.05) is 20.1 Å². The molecule has 2 rings (SSSR count). The van der Waals surface area contributed by atoms with Crippen molar-refractivity contribution in [3.63, 3.8) is 0 Å². The average Bonchev–Trinajstić information content (AvgIpc) is 2.94. The van der Waals surface area contributed by atoms with Crippen molar-refractivity contribution < 1.29 is 9.59 Å². The van der Waals surface area contributed by atoms with E-state index in [1.807, 2.05) is 11.9 Å². The summed E-state index contributed by atoms with van der Waals surface area (Å²) < 4.78 is 0. The molecule has 0 atom stereocenters. The van der Waals surface area contributed by atoms with Crippen LogP contribution in [-0.4, -0.2) is 53.8 Å². The first-order valence-corrected chi connectivity index (χ1v) is 8.24. The van der Waals surface area contributed by atoms with Crippen LogP contribution < -0.4 is 5.73 Å². The maximum absolute atomic E-state index is 12.4. The molecule has 2 fully saturated rings. The van der Waals surface area contributed by atoms with Crippen LogP contribution in [0.3, 0.4) is 0 Å². The number of nitrogens with zero attached hydrogens (tertiary/aromatic N) is 2. The molecular formula is C16H29N3O2. The molecule has 0 saturated heterocycles. The third kappa shape index (κ3) is 3.76. The minimum atomic E-state index is -0.738. The molecule has 0 aromatic carbocycles. The van der Waals surface area contributed by atoms with Crippen LogP contribution in [0.2, 0.25) is 0 Å². The van der Waals surface area contributed by atoms with Gasteiger partial charge in [-0.2, -0.15) is 0 Å². The van der Waals surface area contributed by atoms with E-state index in [-0.39, 0.29) is 18.4 Å². The average molecular weight is 295 g/mol. The van der Waals surface area contributed by atoms with E-state index in [1.165, 1.54) is 24.2 Å². The van der Waals surface area contributed by atoms with E-state index >= 15 is 0 Å². The van der Waals surface area contributed by atoms with Gasteiger partial charge in [-0.1, -0.05) is 32.1 Å². The number of carbonyl (C=O) groups is 2. The lowest BCUT2D eigenvalue weighted by Gasteiger charge is -2.34. The van der Waals surface area contributed by atoms with Crippen LogP contribution in [0.25, 0.3) is 0 Å². The molecule has 2 N–H and O–H groups in total. The van der Waals surface area contributed by atoms with Crippen LogP contribution in [0.1, 0.15) is 57.8 Å². The summed E-state index contributed by atoms with van der Waals surface area (Å²) in [5, 5.41) is 0. The number of carbonyl (C=O) groups excluding carboxylic acids is 2. The number of hydrogen-bond donors (Lipinski definition) is 1. The molecule has 0 aromatic rings. The zero-order chi connectivity index (χ0) is 15.5. The minimum absolute atomic E-state index is 0.0272. The van der Waals surface area contributed by atoms with E-state index in [1.54, 1.807) is 7.05 Å². The van der Waals surface area contributed by atoms with Gasteiger partial charge in [0.05, 0.1) is 12.1 Å². The van der Waals surface area contributed by atoms with E-state index in [2.05, 4.69) is 0 Å². The molecule has 0 spiro atoms. The second kappa shape index (κ2) is 6.77. The SMILES string of the molecule is CN(CC(=O)N(C)C1CCCCC1)C(=O)C1(N)CCCC1. The Morgan fingerprint density at radius 1 is 1.05 bits per heavy atom. The summed E-state index contributed by atoms with van der Waals surface area (Å²) in [6.07, 6.45) is 9.32. The van der Waals surface area contributed by atoms with Crippen molar-refractivity contribution in [2.24, 2.45) is 5.73 Å². The summed E-state index contributed by atoms with van der Waals surface area (Å²) >= 11 is 0. The highest BCUT2D eigenvalue weighted by atomic mass is 16.2. The second-order valence-electron chi connectivity index (χ2n) is 6.82. The van der Waals surface area contributed by atoms with Crippen molar-refractivity contribution in [2.75, 3.05) is 20.6 Å². The summed E-state index contributed by atoms with van der Waals surface area (Å²) in [6, 6.07) is 0.341. The van der Waals surface area contributed by atoms with Crippen LogP contribution in [0, 0.1) is 0 Å². The first kappa shape index (κ1) is 16.3. The predicted molar refractivity (Wildman–Crippen MR) is 82.7 cm³/mol. The molecule has 0 aliphatic heterocycles. The molecule has 0 bridgehead atoms. The van der Waals surface area contributed by atoms with E-state index in [0.717, 1.165) is 38.5 Å². The van der Waals surface area contributed by atoms with Crippen molar-refractivity contribution >= 4 is 11.8 Å². The van der Waals surface area contributed by atoms with Gasteiger partial charge in [0.15, 0.2) is 0 Å². The van der Waals surface area contributed by atoms with Crippen LogP contribution in [0.5, 0.6) is 0 Å². The highest BCUT2D eigenvalue weighted by Crippen LogP contribution is 2.28. The number of amides is 2. The Balaban J connectivity index is 1.87. The summed E-state index contributed by atoms with van der Waals surface area (Å²) in [4.78, 5) is 28.2. The molecule has 21 heavy (non-hydrogen) atoms. The van der Waals surface area contributed by atoms with Crippen molar-refractivity contribution in [2.45, 2.75) is 69.4 Å². The highest BCUT2D eigenvalue weighted by molar-refractivity contribution is 5.90. The molecule has 5 heteroatoms. The third-order valence-corrected chi connectivity index (χ3v) is 5.16. The Labute approximate surface area is 127 Å². The Morgan fingerprint density at radius 2 is 1.62 bits per heavy atom. The molecule has 120 valence electrons. The molecule has 0 radical (unpaired) electrons. The Kier molecular flexibility index (Phi) is 5.25. The Hall–Kier alpha value is -1.10. The quantitative estimate of drug-likeness (QED) is 0.855. The van der Waals surface area contributed by atoms with Crippen molar-refractivity contribution in [1.82, 2.24) is 9.80 Å². The largest absolute Gasteiger partial charge is 0.341 e. The maximum atomic E-state index is 12.4. The van der Waals surface area contributed by atoms with Gasteiger partial charge in [-0.05, 0) is 25.7 Å². The molecule has 0 unspecified atom stereocenters. The van der Waals surface area contributed by atoms with Crippen LogP contribution >= 0.6 is 0 Å². The van der Waals surface area contributed by atoms with Crippen molar-refractivity contribution in [3.05, 3.63) is 0 Å². The number of likely N-dealkylation sites (N-methyl/N-ethyl adjacent to an activating group) is 2. The molecule has 0 aromatic heterocycles. The summed E-state index contributed by atoms with van der Waals surface area (Å²) in [6.45, 7) is 0.144. The van der Waals surface area contributed by atoms with Crippen molar-refractivity contribution in [1.29, 1.82) is 0 Å². The third-order valence-electron chi connectivity index (χ3n) is 5.16. The van der Waals surface area contributed by atoms with Crippen LogP contribution in [0.4, 0.5) is 0 Å².